The molecule has 1 N–H and O–H groups in total. The van der Waals surface area contributed by atoms with E-state index in [4.69, 9.17) is 5.26 Å². The van der Waals surface area contributed by atoms with Gasteiger partial charge < -0.3 is 4.90 Å². The van der Waals surface area contributed by atoms with E-state index in [9.17, 15) is 13.2 Å². The van der Waals surface area contributed by atoms with Gasteiger partial charge in [0.15, 0.2) is 11.4 Å². The number of halogens is 3. The van der Waals surface area contributed by atoms with Gasteiger partial charge in [-0.15, -0.1) is 0 Å². The van der Waals surface area contributed by atoms with Crippen LogP contribution in [0.15, 0.2) is 41.5 Å². The third kappa shape index (κ3) is 4.67. The van der Waals surface area contributed by atoms with E-state index in [0.29, 0.717) is 27.8 Å². The first-order valence-electron chi connectivity index (χ1n) is 7.39. The minimum Gasteiger partial charge on any atom is -0.362 e. The first kappa shape index (κ1) is 19.6. The summed E-state index contributed by atoms with van der Waals surface area (Å²) in [6.07, 6.45) is -0.0685. The zero-order chi connectivity index (χ0) is 19.3. The van der Waals surface area contributed by atoms with Gasteiger partial charge in [-0.25, -0.2) is 9.98 Å². The van der Waals surface area contributed by atoms with Crippen LogP contribution in [0.3, 0.4) is 0 Å². The summed E-state index contributed by atoms with van der Waals surface area (Å²) in [5.74, 6) is 0.435. The Bertz CT molecular complexity index is 839. The first-order chi connectivity index (χ1) is 12.3. The Morgan fingerprint density at radius 1 is 1.27 bits per heavy atom. The van der Waals surface area contributed by atoms with Crippen molar-refractivity contribution in [2.75, 3.05) is 25.3 Å². The second-order valence-electron chi connectivity index (χ2n) is 5.39. The molecule has 0 saturated heterocycles. The zero-order valence-electron chi connectivity index (χ0n) is 14.3. The van der Waals surface area contributed by atoms with Crippen LogP contribution in [0, 0.1) is 11.5 Å². The molecular weight excluding hydrogens is 363 g/mol. The van der Waals surface area contributed by atoms with E-state index in [1.165, 1.54) is 11.8 Å². The number of nitriles is 1. The van der Waals surface area contributed by atoms with Crippen molar-refractivity contribution in [2.45, 2.75) is 6.18 Å². The molecule has 0 aliphatic heterocycles. The van der Waals surface area contributed by atoms with E-state index in [2.05, 4.69) is 15.3 Å². The number of pyridine rings is 1. The number of aromatic nitrogens is 1. The molecule has 0 saturated carbocycles. The zero-order valence-corrected chi connectivity index (χ0v) is 15.1. The fourth-order valence-corrected chi connectivity index (χ4v) is 2.53. The summed E-state index contributed by atoms with van der Waals surface area (Å²) >= 11 is 1.28. The maximum absolute atomic E-state index is 13.0. The van der Waals surface area contributed by atoms with Gasteiger partial charge in [-0.1, -0.05) is 23.9 Å². The summed E-state index contributed by atoms with van der Waals surface area (Å²) in [6.45, 7) is 0. The van der Waals surface area contributed by atoms with E-state index < -0.39 is 11.7 Å². The summed E-state index contributed by atoms with van der Waals surface area (Å²) in [7, 11) is 3.44. The molecule has 0 atom stereocenters. The van der Waals surface area contributed by atoms with Gasteiger partial charge in [-0.2, -0.15) is 18.4 Å². The molecule has 26 heavy (non-hydrogen) atoms. The molecule has 0 bridgehead atoms. The van der Waals surface area contributed by atoms with Gasteiger partial charge in [-0.05, 0) is 30.0 Å². The molecule has 2 rings (SSSR count). The molecule has 0 aliphatic carbocycles. The normalized spacial score (nSPS) is 11.8. The van der Waals surface area contributed by atoms with Crippen LogP contribution >= 0.6 is 11.8 Å². The number of aliphatic imine (C=N–C) groups is 1. The Morgan fingerprint density at radius 3 is 2.42 bits per heavy atom. The maximum atomic E-state index is 13.0. The SMILES string of the molecule is CSC(=Nc1ccc(-c2cc(C(F)(F)F)cnc2N(C)C)cc1)NC#N. The van der Waals surface area contributed by atoms with E-state index in [1.54, 1.807) is 55.7 Å². The number of benzene rings is 1. The summed E-state index contributed by atoms with van der Waals surface area (Å²) < 4.78 is 39.1. The van der Waals surface area contributed by atoms with Gasteiger partial charge in [0.25, 0.3) is 0 Å². The van der Waals surface area contributed by atoms with Crippen molar-refractivity contribution in [3.8, 4) is 17.3 Å². The molecule has 1 heterocycles. The van der Waals surface area contributed by atoms with E-state index in [-0.39, 0.29) is 0 Å². The van der Waals surface area contributed by atoms with Gasteiger partial charge in [0.2, 0.25) is 0 Å². The highest BCUT2D eigenvalue weighted by Crippen LogP contribution is 2.36. The van der Waals surface area contributed by atoms with Crippen LogP contribution in [-0.4, -0.2) is 30.5 Å². The summed E-state index contributed by atoms with van der Waals surface area (Å²) in [5, 5.41) is 11.5. The van der Waals surface area contributed by atoms with Crippen LogP contribution in [-0.2, 0) is 6.18 Å². The number of alkyl halides is 3. The van der Waals surface area contributed by atoms with E-state index >= 15 is 0 Å². The van der Waals surface area contributed by atoms with E-state index in [1.807, 2.05) is 0 Å². The molecule has 1 aromatic heterocycles. The molecule has 0 spiro atoms. The molecule has 0 aliphatic rings. The number of rotatable bonds is 3. The lowest BCUT2D eigenvalue weighted by molar-refractivity contribution is -0.137. The predicted molar refractivity (Wildman–Crippen MR) is 98.4 cm³/mol. The Labute approximate surface area is 153 Å². The van der Waals surface area contributed by atoms with Crippen molar-refractivity contribution in [3.63, 3.8) is 0 Å². The smallest absolute Gasteiger partial charge is 0.362 e. The van der Waals surface area contributed by atoms with Crippen molar-refractivity contribution in [2.24, 2.45) is 4.99 Å². The van der Waals surface area contributed by atoms with Gasteiger partial charge in [-0.3, -0.25) is 5.32 Å². The number of nitrogens with one attached hydrogen (secondary N) is 1. The Kier molecular flexibility index (Phi) is 6.10. The summed E-state index contributed by atoms with van der Waals surface area (Å²) in [4.78, 5) is 9.87. The fourth-order valence-electron chi connectivity index (χ4n) is 2.19. The van der Waals surface area contributed by atoms with Crippen LogP contribution in [0.2, 0.25) is 0 Å². The minimum absolute atomic E-state index is 0.376. The molecular formula is C17H16F3N5S. The highest BCUT2D eigenvalue weighted by molar-refractivity contribution is 8.13. The molecule has 136 valence electrons. The topological polar surface area (TPSA) is 64.3 Å². The number of amidine groups is 1. The quantitative estimate of drug-likeness (QED) is 0.374. The van der Waals surface area contributed by atoms with Crippen LogP contribution in [0.5, 0.6) is 0 Å². The highest BCUT2D eigenvalue weighted by atomic mass is 32.2. The number of hydrogen-bond acceptors (Lipinski definition) is 5. The number of thioether (sulfide) groups is 1. The molecule has 0 fully saturated rings. The van der Waals surface area contributed by atoms with Gasteiger partial charge in [0.1, 0.15) is 5.82 Å². The average molecular weight is 379 g/mol. The minimum atomic E-state index is -4.47. The second kappa shape index (κ2) is 8.10. The molecule has 0 unspecified atom stereocenters. The summed E-state index contributed by atoms with van der Waals surface area (Å²) in [5.41, 5.74) is 0.737. The van der Waals surface area contributed by atoms with Gasteiger partial charge >= 0.3 is 6.18 Å². The molecule has 1 aromatic carbocycles. The number of hydrogen-bond donors (Lipinski definition) is 1. The van der Waals surface area contributed by atoms with Crippen molar-refractivity contribution < 1.29 is 13.2 Å². The molecule has 0 amide bonds. The fraction of sp³-hybridized carbons (Fsp3) is 0.235. The van der Waals surface area contributed by atoms with Crippen LogP contribution in [0.1, 0.15) is 5.56 Å². The first-order valence-corrected chi connectivity index (χ1v) is 8.61. The Morgan fingerprint density at radius 2 is 1.92 bits per heavy atom. The largest absolute Gasteiger partial charge is 0.417 e. The lowest BCUT2D eigenvalue weighted by atomic mass is 10.0. The Balaban J connectivity index is 2.46. The van der Waals surface area contributed by atoms with Crippen molar-refractivity contribution in [1.29, 1.82) is 5.26 Å². The second-order valence-corrected chi connectivity index (χ2v) is 6.19. The highest BCUT2D eigenvalue weighted by Gasteiger charge is 2.32. The third-order valence-corrected chi connectivity index (χ3v) is 3.96. The molecule has 9 heteroatoms. The van der Waals surface area contributed by atoms with Crippen LogP contribution < -0.4 is 10.2 Å². The summed E-state index contributed by atoms with van der Waals surface area (Å²) in [6, 6.07) is 7.78. The van der Waals surface area contributed by atoms with Crippen molar-refractivity contribution >= 4 is 28.4 Å². The number of anilines is 1. The van der Waals surface area contributed by atoms with Gasteiger partial charge in [0, 0.05) is 25.9 Å². The Hall–Kier alpha value is -2.73. The monoisotopic (exact) mass is 379 g/mol. The maximum Gasteiger partial charge on any atom is 0.417 e. The van der Waals surface area contributed by atoms with Crippen molar-refractivity contribution in [3.05, 3.63) is 42.1 Å². The van der Waals surface area contributed by atoms with E-state index in [0.717, 1.165) is 12.3 Å². The standard InChI is InChI=1S/C17H16F3N5S/c1-25(2)15-14(8-12(9-22-15)17(18,19)20)11-4-6-13(7-5-11)24-16(26-3)23-10-21/h4-9H,1-3H3,(H,23,24). The molecule has 5 nitrogen and oxygen atoms in total. The lowest BCUT2D eigenvalue weighted by Gasteiger charge is -2.18. The molecule has 2 aromatic rings. The average Bonchev–Trinajstić information content (AvgIpc) is 2.60. The van der Waals surface area contributed by atoms with Crippen LogP contribution in [0.25, 0.3) is 11.1 Å². The molecule has 0 radical (unpaired) electrons. The predicted octanol–water partition coefficient (Wildman–Crippen LogP) is 4.25. The van der Waals surface area contributed by atoms with Crippen molar-refractivity contribution in [1.82, 2.24) is 10.3 Å². The lowest BCUT2D eigenvalue weighted by Crippen LogP contribution is -2.14. The number of nitrogens with zero attached hydrogens (tertiary/aromatic N) is 4. The van der Waals surface area contributed by atoms with Gasteiger partial charge in [0.05, 0.1) is 11.3 Å². The third-order valence-electron chi connectivity index (χ3n) is 3.38. The van der Waals surface area contributed by atoms with Crippen LogP contribution in [0.4, 0.5) is 24.7 Å².